The highest BCUT2D eigenvalue weighted by Crippen LogP contribution is 2.11. The zero-order chi connectivity index (χ0) is 17.7. The molecular weight excluding hydrogens is 313 g/mol. The van der Waals surface area contributed by atoms with Gasteiger partial charge in [0.25, 0.3) is 5.91 Å². The van der Waals surface area contributed by atoms with Crippen LogP contribution >= 0.6 is 0 Å². The maximum absolute atomic E-state index is 13.4. The molecule has 1 N–H and O–H groups in total. The largest absolute Gasteiger partial charge is 0.452 e. The number of amides is 1. The Kier molecular flexibility index (Phi) is 5.42. The number of hydrogen-bond donors (Lipinski definition) is 1. The molecule has 0 heterocycles. The van der Waals surface area contributed by atoms with Gasteiger partial charge in [-0.3, -0.25) is 9.59 Å². The molecule has 0 atom stereocenters. The summed E-state index contributed by atoms with van der Waals surface area (Å²) >= 11 is 0. The smallest absolute Gasteiger partial charge is 0.338 e. The first kappa shape index (κ1) is 17.3. The molecular formula is C18H16FNO4. The van der Waals surface area contributed by atoms with Gasteiger partial charge in [-0.25, -0.2) is 9.18 Å². The van der Waals surface area contributed by atoms with Crippen LogP contribution in [0.3, 0.4) is 0 Å². The number of Topliss-reactive ketones (excluding diaryl/α,β-unsaturated/α-hetero) is 1. The Morgan fingerprint density at radius 3 is 2.25 bits per heavy atom. The topological polar surface area (TPSA) is 72.5 Å². The van der Waals surface area contributed by atoms with Gasteiger partial charge in [-0.05, 0) is 55.8 Å². The number of anilines is 1. The third kappa shape index (κ3) is 4.49. The summed E-state index contributed by atoms with van der Waals surface area (Å²) in [5.74, 6) is -1.91. The van der Waals surface area contributed by atoms with E-state index >= 15 is 0 Å². The van der Waals surface area contributed by atoms with Gasteiger partial charge in [0.15, 0.2) is 12.4 Å². The number of aryl methyl sites for hydroxylation is 1. The Labute approximate surface area is 138 Å². The summed E-state index contributed by atoms with van der Waals surface area (Å²) in [6, 6.07) is 10.3. The van der Waals surface area contributed by atoms with Gasteiger partial charge in [0, 0.05) is 11.3 Å². The molecule has 0 radical (unpaired) electrons. The molecule has 2 aromatic carbocycles. The van der Waals surface area contributed by atoms with Gasteiger partial charge in [0.2, 0.25) is 0 Å². The summed E-state index contributed by atoms with van der Waals surface area (Å²) in [4.78, 5) is 34.7. The molecule has 1 amide bonds. The van der Waals surface area contributed by atoms with E-state index in [1.807, 2.05) is 0 Å². The zero-order valence-corrected chi connectivity index (χ0v) is 13.3. The molecule has 0 fully saturated rings. The van der Waals surface area contributed by atoms with Gasteiger partial charge >= 0.3 is 5.97 Å². The van der Waals surface area contributed by atoms with Gasteiger partial charge in [-0.15, -0.1) is 0 Å². The number of esters is 1. The minimum absolute atomic E-state index is 0.0386. The Bertz CT molecular complexity index is 784. The SMILES string of the molecule is CC(=O)c1ccc(NC(=O)COC(=O)c2ccc(C)c(F)c2)cc1. The number of rotatable bonds is 5. The molecule has 0 aliphatic heterocycles. The second-order valence-corrected chi connectivity index (χ2v) is 5.22. The number of ketones is 1. The van der Waals surface area contributed by atoms with Crippen molar-refractivity contribution in [2.75, 3.05) is 11.9 Å². The lowest BCUT2D eigenvalue weighted by Crippen LogP contribution is -2.21. The zero-order valence-electron chi connectivity index (χ0n) is 13.3. The monoisotopic (exact) mass is 329 g/mol. The van der Waals surface area contributed by atoms with E-state index in [1.165, 1.54) is 19.1 Å². The Balaban J connectivity index is 1.89. The van der Waals surface area contributed by atoms with Crippen LogP contribution in [-0.2, 0) is 9.53 Å². The molecule has 0 unspecified atom stereocenters. The van der Waals surface area contributed by atoms with Gasteiger partial charge in [-0.2, -0.15) is 0 Å². The summed E-state index contributed by atoms with van der Waals surface area (Å²) in [7, 11) is 0. The van der Waals surface area contributed by atoms with E-state index in [1.54, 1.807) is 31.2 Å². The molecule has 0 saturated carbocycles. The van der Waals surface area contributed by atoms with Crippen molar-refractivity contribution >= 4 is 23.3 Å². The molecule has 0 aliphatic carbocycles. The van der Waals surface area contributed by atoms with Crippen LogP contribution in [0.1, 0.15) is 33.2 Å². The number of carbonyl (C=O) groups is 3. The van der Waals surface area contributed by atoms with Crippen molar-refractivity contribution in [2.45, 2.75) is 13.8 Å². The maximum atomic E-state index is 13.4. The molecule has 5 nitrogen and oxygen atoms in total. The fourth-order valence-electron chi connectivity index (χ4n) is 1.92. The number of nitrogens with one attached hydrogen (secondary N) is 1. The van der Waals surface area contributed by atoms with Gasteiger partial charge < -0.3 is 10.1 Å². The van der Waals surface area contributed by atoms with Crippen molar-refractivity contribution in [3.05, 3.63) is 65.0 Å². The highest BCUT2D eigenvalue weighted by Gasteiger charge is 2.12. The minimum atomic E-state index is -0.782. The summed E-state index contributed by atoms with van der Waals surface area (Å²) in [6.07, 6.45) is 0. The average molecular weight is 329 g/mol. The van der Waals surface area contributed by atoms with Crippen molar-refractivity contribution in [2.24, 2.45) is 0 Å². The van der Waals surface area contributed by atoms with Crippen molar-refractivity contribution in [3.63, 3.8) is 0 Å². The summed E-state index contributed by atoms with van der Waals surface area (Å²) in [5.41, 5.74) is 1.46. The first-order chi connectivity index (χ1) is 11.4. The predicted molar refractivity (Wildman–Crippen MR) is 86.5 cm³/mol. The Morgan fingerprint density at radius 1 is 1.04 bits per heavy atom. The Morgan fingerprint density at radius 2 is 1.67 bits per heavy atom. The number of hydrogen-bond acceptors (Lipinski definition) is 4. The summed E-state index contributed by atoms with van der Waals surface area (Å²) < 4.78 is 18.3. The van der Waals surface area contributed by atoms with Crippen molar-refractivity contribution in [1.82, 2.24) is 0 Å². The second-order valence-electron chi connectivity index (χ2n) is 5.22. The van der Waals surface area contributed by atoms with Crippen molar-refractivity contribution < 1.29 is 23.5 Å². The van der Waals surface area contributed by atoms with Crippen LogP contribution in [0.5, 0.6) is 0 Å². The molecule has 2 rings (SSSR count). The predicted octanol–water partition coefficient (Wildman–Crippen LogP) is 3.13. The van der Waals surface area contributed by atoms with Crippen molar-refractivity contribution in [1.29, 1.82) is 0 Å². The van der Waals surface area contributed by atoms with Crippen LogP contribution in [-0.4, -0.2) is 24.3 Å². The number of carbonyl (C=O) groups excluding carboxylic acids is 3. The first-order valence-corrected chi connectivity index (χ1v) is 7.21. The van der Waals surface area contributed by atoms with Gasteiger partial charge in [0.05, 0.1) is 5.56 Å². The molecule has 24 heavy (non-hydrogen) atoms. The number of benzene rings is 2. The molecule has 0 bridgehead atoms. The molecule has 0 aliphatic rings. The summed E-state index contributed by atoms with van der Waals surface area (Å²) in [6.45, 7) is 2.53. The maximum Gasteiger partial charge on any atom is 0.338 e. The van der Waals surface area contributed by atoms with E-state index in [9.17, 15) is 18.8 Å². The van der Waals surface area contributed by atoms with Crippen LogP contribution in [0.25, 0.3) is 0 Å². The van der Waals surface area contributed by atoms with E-state index in [0.717, 1.165) is 6.07 Å². The molecule has 0 spiro atoms. The number of ether oxygens (including phenoxy) is 1. The lowest BCUT2D eigenvalue weighted by molar-refractivity contribution is -0.119. The lowest BCUT2D eigenvalue weighted by Gasteiger charge is -2.07. The minimum Gasteiger partial charge on any atom is -0.452 e. The van der Waals surface area contributed by atoms with Crippen LogP contribution in [0.15, 0.2) is 42.5 Å². The molecule has 0 saturated heterocycles. The van der Waals surface area contributed by atoms with E-state index in [0.29, 0.717) is 16.8 Å². The highest BCUT2D eigenvalue weighted by molar-refractivity contribution is 5.97. The average Bonchev–Trinajstić information content (AvgIpc) is 2.55. The number of halogens is 1. The normalized spacial score (nSPS) is 10.1. The van der Waals surface area contributed by atoms with Gasteiger partial charge in [-0.1, -0.05) is 6.07 Å². The van der Waals surface area contributed by atoms with Crippen LogP contribution in [0.4, 0.5) is 10.1 Å². The third-order valence-corrected chi connectivity index (χ3v) is 3.32. The van der Waals surface area contributed by atoms with Crippen LogP contribution < -0.4 is 5.32 Å². The third-order valence-electron chi connectivity index (χ3n) is 3.32. The molecule has 2 aromatic rings. The van der Waals surface area contributed by atoms with Crippen molar-refractivity contribution in [3.8, 4) is 0 Å². The molecule has 6 heteroatoms. The standard InChI is InChI=1S/C18H16FNO4/c1-11-3-4-14(9-16(11)19)18(23)24-10-17(22)20-15-7-5-13(6-8-15)12(2)21/h3-9H,10H2,1-2H3,(H,20,22). The van der Waals surface area contributed by atoms with E-state index in [2.05, 4.69) is 5.32 Å². The van der Waals surface area contributed by atoms with E-state index in [4.69, 9.17) is 4.74 Å². The lowest BCUT2D eigenvalue weighted by atomic mass is 10.1. The first-order valence-electron chi connectivity index (χ1n) is 7.21. The quantitative estimate of drug-likeness (QED) is 0.676. The fraction of sp³-hybridized carbons (Fsp3) is 0.167. The fourth-order valence-corrected chi connectivity index (χ4v) is 1.92. The highest BCUT2D eigenvalue weighted by atomic mass is 19.1. The molecule has 0 aromatic heterocycles. The van der Waals surface area contributed by atoms with Crippen LogP contribution in [0, 0.1) is 12.7 Å². The van der Waals surface area contributed by atoms with Gasteiger partial charge in [0.1, 0.15) is 5.82 Å². The van der Waals surface area contributed by atoms with E-state index < -0.39 is 24.3 Å². The van der Waals surface area contributed by atoms with Crippen LogP contribution in [0.2, 0.25) is 0 Å². The van der Waals surface area contributed by atoms with E-state index in [-0.39, 0.29) is 11.3 Å². The molecule has 124 valence electrons. The Hall–Kier alpha value is -3.02. The summed E-state index contributed by atoms with van der Waals surface area (Å²) in [5, 5.41) is 2.53. The second kappa shape index (κ2) is 7.50.